The number of carbonyl (C=O) groups excluding carboxylic acids is 1. The number of rotatable bonds is 5. The van der Waals surface area contributed by atoms with Gasteiger partial charge in [-0.15, -0.1) is 0 Å². The fourth-order valence-electron chi connectivity index (χ4n) is 2.90. The molecule has 6 nitrogen and oxygen atoms in total. The molecule has 0 saturated heterocycles. The SMILES string of the molecule is CC1CC(C(=O)O)C(C(=O)NCCc2ccn(C)n2)C1. The highest BCUT2D eigenvalue weighted by Gasteiger charge is 2.40. The van der Waals surface area contributed by atoms with Crippen molar-refractivity contribution in [3.05, 3.63) is 18.0 Å². The maximum absolute atomic E-state index is 12.1. The van der Waals surface area contributed by atoms with Crippen molar-refractivity contribution in [2.75, 3.05) is 6.54 Å². The molecule has 0 aliphatic heterocycles. The Balaban J connectivity index is 1.83. The van der Waals surface area contributed by atoms with Gasteiger partial charge in [0, 0.05) is 26.2 Å². The number of aryl methyl sites for hydroxylation is 1. The average Bonchev–Trinajstić information content (AvgIpc) is 2.95. The monoisotopic (exact) mass is 279 g/mol. The van der Waals surface area contributed by atoms with Crippen LogP contribution in [0.25, 0.3) is 0 Å². The molecular weight excluding hydrogens is 258 g/mol. The summed E-state index contributed by atoms with van der Waals surface area (Å²) in [5.74, 6) is -1.65. The fourth-order valence-corrected chi connectivity index (χ4v) is 2.90. The van der Waals surface area contributed by atoms with E-state index in [0.29, 0.717) is 31.7 Å². The van der Waals surface area contributed by atoms with E-state index in [-0.39, 0.29) is 5.91 Å². The highest BCUT2D eigenvalue weighted by molar-refractivity contribution is 5.85. The quantitative estimate of drug-likeness (QED) is 0.836. The summed E-state index contributed by atoms with van der Waals surface area (Å²) in [4.78, 5) is 23.3. The molecule has 1 aliphatic rings. The summed E-state index contributed by atoms with van der Waals surface area (Å²) in [6.45, 7) is 2.49. The Morgan fingerprint density at radius 1 is 1.45 bits per heavy atom. The number of hydrogen-bond donors (Lipinski definition) is 2. The molecule has 0 aromatic carbocycles. The zero-order chi connectivity index (χ0) is 14.7. The number of aliphatic carboxylic acids is 1. The average molecular weight is 279 g/mol. The lowest BCUT2D eigenvalue weighted by molar-refractivity contribution is -0.146. The molecule has 1 aromatic rings. The number of amides is 1. The van der Waals surface area contributed by atoms with Crippen LogP contribution in [0.15, 0.2) is 12.3 Å². The minimum absolute atomic E-state index is 0.141. The van der Waals surface area contributed by atoms with E-state index in [9.17, 15) is 9.59 Å². The molecule has 0 bridgehead atoms. The van der Waals surface area contributed by atoms with Crippen molar-refractivity contribution < 1.29 is 14.7 Å². The number of hydrogen-bond acceptors (Lipinski definition) is 3. The molecule has 0 spiro atoms. The highest BCUT2D eigenvalue weighted by atomic mass is 16.4. The van der Waals surface area contributed by atoms with Gasteiger partial charge in [0.05, 0.1) is 17.5 Å². The normalized spacial score (nSPS) is 25.6. The van der Waals surface area contributed by atoms with Crippen molar-refractivity contribution >= 4 is 11.9 Å². The maximum Gasteiger partial charge on any atom is 0.307 e. The van der Waals surface area contributed by atoms with Crippen molar-refractivity contribution in [3.8, 4) is 0 Å². The summed E-state index contributed by atoms with van der Waals surface area (Å²) in [5, 5.41) is 16.2. The topological polar surface area (TPSA) is 84.2 Å². The molecule has 6 heteroatoms. The summed E-state index contributed by atoms with van der Waals surface area (Å²) >= 11 is 0. The smallest absolute Gasteiger partial charge is 0.307 e. The molecular formula is C14H21N3O3. The molecule has 1 fully saturated rings. The van der Waals surface area contributed by atoms with E-state index in [4.69, 9.17) is 5.11 Å². The molecule has 1 saturated carbocycles. The maximum atomic E-state index is 12.1. The van der Waals surface area contributed by atoms with Crippen LogP contribution in [0.5, 0.6) is 0 Å². The van der Waals surface area contributed by atoms with Crippen molar-refractivity contribution in [2.24, 2.45) is 24.8 Å². The predicted molar refractivity (Wildman–Crippen MR) is 72.9 cm³/mol. The van der Waals surface area contributed by atoms with Crippen molar-refractivity contribution in [1.29, 1.82) is 0 Å². The molecule has 1 amide bonds. The van der Waals surface area contributed by atoms with Gasteiger partial charge in [0.25, 0.3) is 0 Å². The van der Waals surface area contributed by atoms with Gasteiger partial charge in [-0.2, -0.15) is 5.10 Å². The van der Waals surface area contributed by atoms with E-state index in [1.807, 2.05) is 26.2 Å². The second-order valence-electron chi connectivity index (χ2n) is 5.65. The van der Waals surface area contributed by atoms with E-state index in [0.717, 1.165) is 5.69 Å². The van der Waals surface area contributed by atoms with Crippen molar-refractivity contribution in [2.45, 2.75) is 26.2 Å². The van der Waals surface area contributed by atoms with Crippen molar-refractivity contribution in [3.63, 3.8) is 0 Å². The van der Waals surface area contributed by atoms with Crippen LogP contribution in [-0.4, -0.2) is 33.3 Å². The van der Waals surface area contributed by atoms with Gasteiger partial charge in [-0.3, -0.25) is 14.3 Å². The first-order chi connectivity index (χ1) is 9.47. The summed E-state index contributed by atoms with van der Waals surface area (Å²) in [7, 11) is 1.85. The molecule has 1 aromatic heterocycles. The van der Waals surface area contributed by atoms with Gasteiger partial charge in [0.15, 0.2) is 0 Å². The molecule has 3 atom stereocenters. The molecule has 110 valence electrons. The van der Waals surface area contributed by atoms with Crippen LogP contribution in [0.1, 0.15) is 25.5 Å². The summed E-state index contributed by atoms with van der Waals surface area (Å²) < 4.78 is 1.72. The Morgan fingerprint density at radius 3 is 2.75 bits per heavy atom. The molecule has 3 unspecified atom stereocenters. The first kappa shape index (κ1) is 14.6. The zero-order valence-electron chi connectivity index (χ0n) is 11.9. The third kappa shape index (κ3) is 3.37. The van der Waals surface area contributed by atoms with Gasteiger partial charge >= 0.3 is 5.97 Å². The first-order valence-electron chi connectivity index (χ1n) is 6.96. The van der Waals surface area contributed by atoms with Gasteiger partial charge in [-0.1, -0.05) is 6.92 Å². The van der Waals surface area contributed by atoms with E-state index >= 15 is 0 Å². The van der Waals surface area contributed by atoms with E-state index in [1.54, 1.807) is 4.68 Å². The minimum Gasteiger partial charge on any atom is -0.481 e. The van der Waals surface area contributed by atoms with Crippen LogP contribution >= 0.6 is 0 Å². The Labute approximate surface area is 118 Å². The predicted octanol–water partition coefficient (Wildman–Crippen LogP) is 0.826. The Hall–Kier alpha value is -1.85. The van der Waals surface area contributed by atoms with Gasteiger partial charge in [-0.05, 0) is 24.8 Å². The molecule has 1 aliphatic carbocycles. The number of carboxylic acids is 1. The minimum atomic E-state index is -0.862. The lowest BCUT2D eigenvalue weighted by Gasteiger charge is -2.15. The summed E-state index contributed by atoms with van der Waals surface area (Å²) in [6.07, 6.45) is 3.77. The summed E-state index contributed by atoms with van der Waals surface area (Å²) in [5.41, 5.74) is 0.919. The van der Waals surface area contributed by atoms with Crippen LogP contribution in [0.3, 0.4) is 0 Å². The molecule has 20 heavy (non-hydrogen) atoms. The van der Waals surface area contributed by atoms with E-state index < -0.39 is 17.8 Å². The van der Waals surface area contributed by atoms with Gasteiger partial charge in [0.2, 0.25) is 5.91 Å². The number of nitrogens with one attached hydrogen (secondary N) is 1. The largest absolute Gasteiger partial charge is 0.481 e. The highest BCUT2D eigenvalue weighted by Crippen LogP contribution is 2.36. The molecule has 1 heterocycles. The van der Waals surface area contributed by atoms with Gasteiger partial charge in [0.1, 0.15) is 0 Å². The Kier molecular flexibility index (Phi) is 4.42. The van der Waals surface area contributed by atoms with Crippen LogP contribution in [-0.2, 0) is 23.1 Å². The van der Waals surface area contributed by atoms with E-state index in [2.05, 4.69) is 10.4 Å². The molecule has 2 rings (SSSR count). The first-order valence-corrected chi connectivity index (χ1v) is 6.96. The van der Waals surface area contributed by atoms with Crippen LogP contribution in [0.2, 0.25) is 0 Å². The van der Waals surface area contributed by atoms with E-state index in [1.165, 1.54) is 0 Å². The Morgan fingerprint density at radius 2 is 2.15 bits per heavy atom. The second kappa shape index (κ2) is 6.07. The number of aromatic nitrogens is 2. The van der Waals surface area contributed by atoms with Crippen molar-refractivity contribution in [1.82, 2.24) is 15.1 Å². The molecule has 0 radical (unpaired) electrons. The standard InChI is InChI=1S/C14H21N3O3/c1-9-7-11(12(8-9)14(19)20)13(18)15-5-3-10-4-6-17(2)16-10/h4,6,9,11-12H,3,5,7-8H2,1-2H3,(H,15,18)(H,19,20). The van der Waals surface area contributed by atoms with Crippen LogP contribution < -0.4 is 5.32 Å². The third-order valence-electron chi connectivity index (χ3n) is 3.90. The zero-order valence-corrected chi connectivity index (χ0v) is 11.9. The number of nitrogens with zero attached hydrogens (tertiary/aromatic N) is 2. The Bertz CT molecular complexity index is 498. The lowest BCUT2D eigenvalue weighted by atomic mass is 9.95. The molecule has 2 N–H and O–H groups in total. The number of carboxylic acid groups (broad SMARTS) is 1. The van der Waals surface area contributed by atoms with Gasteiger partial charge in [-0.25, -0.2) is 0 Å². The summed E-state index contributed by atoms with van der Waals surface area (Å²) in [6, 6.07) is 1.91. The lowest BCUT2D eigenvalue weighted by Crippen LogP contribution is -2.36. The third-order valence-corrected chi connectivity index (χ3v) is 3.90. The van der Waals surface area contributed by atoms with Gasteiger partial charge < -0.3 is 10.4 Å². The second-order valence-corrected chi connectivity index (χ2v) is 5.65. The fraction of sp³-hybridized carbons (Fsp3) is 0.643. The number of carbonyl (C=O) groups is 2. The van der Waals surface area contributed by atoms with Crippen LogP contribution in [0.4, 0.5) is 0 Å². The van der Waals surface area contributed by atoms with Crippen LogP contribution in [0, 0.1) is 17.8 Å².